The van der Waals surface area contributed by atoms with Gasteiger partial charge in [0, 0.05) is 37.5 Å². The van der Waals surface area contributed by atoms with E-state index in [0.717, 1.165) is 79.4 Å². The number of anilines is 1. The maximum atomic E-state index is 13.8. The Morgan fingerprint density at radius 2 is 1.51 bits per heavy atom. The molecule has 0 spiro atoms. The topological polar surface area (TPSA) is 38.0 Å². The molecule has 4 aliphatic rings. The number of hydrogen-bond acceptors (Lipinski definition) is 4. The van der Waals surface area contributed by atoms with E-state index in [-0.39, 0.29) is 30.1 Å². The van der Waals surface area contributed by atoms with E-state index in [9.17, 15) is 26.3 Å². The highest BCUT2D eigenvalue weighted by molar-refractivity contribution is 5.85. The van der Waals surface area contributed by atoms with E-state index in [1.165, 1.54) is 25.7 Å². The number of fused-ring (bicyclic) bond motifs is 1. The number of benzene rings is 1. The number of amidine groups is 1. The zero-order valence-corrected chi connectivity index (χ0v) is 27.9. The van der Waals surface area contributed by atoms with Crippen molar-refractivity contribution in [3.8, 4) is 0 Å². The number of hydrogen-bond donors (Lipinski definition) is 0. The number of aromatic nitrogens is 1. The summed E-state index contributed by atoms with van der Waals surface area (Å²) in [6.07, 6.45) is -2.18. The number of pyridine rings is 1. The van der Waals surface area contributed by atoms with Gasteiger partial charge in [0.25, 0.3) is 0 Å². The number of nitrogens with zero attached hydrogens (tertiary/aromatic N) is 6. The minimum absolute atomic E-state index is 0.0831. The second kappa shape index (κ2) is 12.3. The van der Waals surface area contributed by atoms with Crippen molar-refractivity contribution in [1.82, 2.24) is 15.0 Å². The van der Waals surface area contributed by atoms with Crippen LogP contribution < -0.4 is 4.90 Å². The smallest absolute Gasteiger partial charge is 0.356 e. The molecule has 12 heteroatoms. The molecule has 6 rings (SSSR count). The van der Waals surface area contributed by atoms with Gasteiger partial charge in [-0.1, -0.05) is 13.8 Å². The van der Waals surface area contributed by atoms with Crippen LogP contribution in [0.5, 0.6) is 0 Å². The maximum Gasteiger partial charge on any atom is 0.416 e. The summed E-state index contributed by atoms with van der Waals surface area (Å²) in [7, 11) is 1.78. The highest BCUT2D eigenvalue weighted by Gasteiger charge is 2.38. The van der Waals surface area contributed by atoms with Gasteiger partial charge in [0.2, 0.25) is 5.84 Å². The van der Waals surface area contributed by atoms with Crippen LogP contribution in [0, 0.1) is 11.8 Å². The van der Waals surface area contributed by atoms with Crippen molar-refractivity contribution in [2.45, 2.75) is 103 Å². The number of halogens is 6. The Balaban J connectivity index is 1.43. The minimum atomic E-state index is -4.93. The average Bonchev–Trinajstić information content (AvgIpc) is 3.83. The van der Waals surface area contributed by atoms with E-state index in [1.54, 1.807) is 24.0 Å². The first-order chi connectivity index (χ1) is 22.0. The molecule has 1 aromatic heterocycles. The number of aryl methyl sites for hydroxylation is 1. The fourth-order valence-electron chi connectivity index (χ4n) is 6.75. The molecule has 0 N–H and O–H groups in total. The lowest BCUT2D eigenvalue weighted by molar-refractivity contribution is -0.618. The molecule has 0 atom stereocenters. The fourth-order valence-corrected chi connectivity index (χ4v) is 6.75. The van der Waals surface area contributed by atoms with Crippen LogP contribution in [-0.4, -0.2) is 57.9 Å². The van der Waals surface area contributed by atoms with E-state index in [4.69, 9.17) is 10.1 Å². The Hall–Kier alpha value is -3.31. The van der Waals surface area contributed by atoms with Gasteiger partial charge < -0.3 is 9.80 Å². The summed E-state index contributed by atoms with van der Waals surface area (Å²) in [6, 6.07) is 4.03. The molecule has 0 radical (unpaired) electrons. The number of hydrazone groups is 2. The Kier molecular flexibility index (Phi) is 8.78. The molecule has 1 aromatic carbocycles. The molecule has 47 heavy (non-hydrogen) atoms. The first-order valence-electron chi connectivity index (χ1n) is 16.7. The first-order valence-corrected chi connectivity index (χ1v) is 16.7. The van der Waals surface area contributed by atoms with Gasteiger partial charge >= 0.3 is 12.4 Å². The standard InChI is InChI=1S/C35H45F6N6/c1-22-17-47(22)44(5)43-23(2)45(20-26-13-29(34(36,37)38)16-30(14-26)35(39,40)41)21-28-15-27-7-6-12-33(3,4)31(27)42-32(28)46(18-24-8-9-24)19-25-10-11-25/h13-16,24-25H,6-12,17-21H2,1-5H3/q+1. The molecule has 3 aliphatic carbocycles. The molecule has 0 unspecified atom stereocenters. The third-order valence-corrected chi connectivity index (χ3v) is 9.89. The summed E-state index contributed by atoms with van der Waals surface area (Å²) in [5, 5.41) is 6.40. The first kappa shape index (κ1) is 33.6. The molecule has 0 saturated heterocycles. The lowest BCUT2D eigenvalue weighted by atomic mass is 9.75. The predicted molar refractivity (Wildman–Crippen MR) is 170 cm³/mol. The third kappa shape index (κ3) is 8.05. The lowest BCUT2D eigenvalue weighted by Gasteiger charge is -2.35. The van der Waals surface area contributed by atoms with E-state index in [0.29, 0.717) is 17.7 Å². The highest BCUT2D eigenvalue weighted by atomic mass is 19.4. The van der Waals surface area contributed by atoms with Crippen LogP contribution in [0.1, 0.15) is 99.7 Å². The van der Waals surface area contributed by atoms with Gasteiger partial charge in [-0.05, 0) is 104 Å². The third-order valence-electron chi connectivity index (χ3n) is 9.89. The Morgan fingerprint density at radius 1 is 0.936 bits per heavy atom. The van der Waals surface area contributed by atoms with Gasteiger partial charge in [0.1, 0.15) is 11.5 Å². The van der Waals surface area contributed by atoms with Crippen LogP contribution in [0.25, 0.3) is 0 Å². The highest BCUT2D eigenvalue weighted by Crippen LogP contribution is 2.42. The number of rotatable bonds is 11. The van der Waals surface area contributed by atoms with Crippen LogP contribution in [0.15, 0.2) is 29.4 Å². The van der Waals surface area contributed by atoms with Gasteiger partial charge in [-0.3, -0.25) is 0 Å². The maximum absolute atomic E-state index is 13.8. The monoisotopic (exact) mass is 663 g/mol. The van der Waals surface area contributed by atoms with Crippen molar-refractivity contribution >= 4 is 17.4 Å². The summed E-state index contributed by atoms with van der Waals surface area (Å²) < 4.78 is 84.9. The molecule has 1 aliphatic heterocycles. The van der Waals surface area contributed by atoms with Gasteiger partial charge in [0.15, 0.2) is 6.54 Å². The lowest BCUT2D eigenvalue weighted by Crippen LogP contribution is -2.35. The van der Waals surface area contributed by atoms with Crippen molar-refractivity contribution in [1.29, 1.82) is 0 Å². The van der Waals surface area contributed by atoms with E-state index < -0.39 is 23.5 Å². The van der Waals surface area contributed by atoms with Crippen LogP contribution in [0.3, 0.4) is 0 Å². The second-order valence-electron chi connectivity index (χ2n) is 14.7. The van der Waals surface area contributed by atoms with Crippen molar-refractivity contribution in [2.75, 3.05) is 31.6 Å². The Morgan fingerprint density at radius 3 is 2.02 bits per heavy atom. The minimum Gasteiger partial charge on any atom is -0.356 e. The van der Waals surface area contributed by atoms with E-state index in [2.05, 4.69) is 24.8 Å². The molecule has 0 bridgehead atoms. The Bertz CT molecular complexity index is 1520. The van der Waals surface area contributed by atoms with Crippen LogP contribution in [0.2, 0.25) is 0 Å². The Labute approximate surface area is 273 Å². The zero-order chi connectivity index (χ0) is 33.9. The number of alkyl halides is 6. The molecule has 2 fully saturated rings. The van der Waals surface area contributed by atoms with Crippen LogP contribution in [-0.2, 0) is 37.3 Å². The molecule has 2 aromatic rings. The van der Waals surface area contributed by atoms with E-state index in [1.807, 2.05) is 11.6 Å². The van der Waals surface area contributed by atoms with Crippen molar-refractivity contribution in [3.63, 3.8) is 0 Å². The summed E-state index contributed by atoms with van der Waals surface area (Å²) in [5.74, 6) is 2.59. The fraction of sp³-hybridized carbons (Fsp3) is 0.629. The van der Waals surface area contributed by atoms with Gasteiger partial charge in [-0.2, -0.15) is 31.0 Å². The van der Waals surface area contributed by atoms with Crippen molar-refractivity contribution < 1.29 is 31.0 Å². The van der Waals surface area contributed by atoms with Crippen LogP contribution in [0.4, 0.5) is 32.2 Å². The molecule has 256 valence electrons. The summed E-state index contributed by atoms with van der Waals surface area (Å²) in [5.41, 5.74) is 1.49. The predicted octanol–water partition coefficient (Wildman–Crippen LogP) is 8.03. The molecule has 6 nitrogen and oxygen atoms in total. The molecule has 2 saturated carbocycles. The van der Waals surface area contributed by atoms with Gasteiger partial charge in [0.05, 0.1) is 35.5 Å². The van der Waals surface area contributed by atoms with Crippen molar-refractivity contribution in [2.24, 2.45) is 16.9 Å². The molecular weight excluding hydrogens is 618 g/mol. The molecule has 2 heterocycles. The number of hydrazine groups is 1. The summed E-state index contributed by atoms with van der Waals surface area (Å²) >= 11 is 0. The second-order valence-corrected chi connectivity index (χ2v) is 14.7. The van der Waals surface area contributed by atoms with Crippen molar-refractivity contribution in [3.05, 3.63) is 57.8 Å². The van der Waals surface area contributed by atoms with E-state index >= 15 is 0 Å². The summed E-state index contributed by atoms with van der Waals surface area (Å²) in [4.78, 5) is 9.59. The van der Waals surface area contributed by atoms with Crippen LogP contribution >= 0.6 is 0 Å². The summed E-state index contributed by atoms with van der Waals surface area (Å²) in [6.45, 7) is 10.8. The largest absolute Gasteiger partial charge is 0.416 e. The molecule has 0 amide bonds. The van der Waals surface area contributed by atoms with Gasteiger partial charge in [-0.15, -0.1) is 0 Å². The quantitative estimate of drug-likeness (QED) is 0.0803. The normalized spacial score (nSPS) is 19.5. The average molecular weight is 664 g/mol. The zero-order valence-electron chi connectivity index (χ0n) is 27.9. The van der Waals surface area contributed by atoms with Gasteiger partial charge in [-0.25, -0.2) is 4.98 Å². The molecular formula is C35H45F6N6+. The SMILES string of the molecule is CC(=NN(C)[N+]1=C(C)C1)N(Cc1cc(C(F)(F)F)cc(C(F)(F)F)c1)Cc1cc2c(nc1N(CC1CC1)CC1CC1)C(C)(C)CCC2.